The third-order valence-electron chi connectivity index (χ3n) is 3.56. The third kappa shape index (κ3) is 2.07. The Hall–Kier alpha value is -2.05. The van der Waals surface area contributed by atoms with Gasteiger partial charge in [-0.2, -0.15) is 4.98 Å². The molecule has 0 aromatic carbocycles. The van der Waals surface area contributed by atoms with E-state index in [2.05, 4.69) is 15.0 Å². The highest BCUT2D eigenvalue weighted by Crippen LogP contribution is 2.32. The molecule has 0 spiro atoms. The lowest BCUT2D eigenvalue weighted by molar-refractivity contribution is -0.0533. The van der Waals surface area contributed by atoms with Crippen LogP contribution in [-0.2, 0) is 11.3 Å². The van der Waals surface area contributed by atoms with E-state index >= 15 is 0 Å². The molecule has 3 rings (SSSR count). The third-order valence-corrected chi connectivity index (χ3v) is 3.56. The fourth-order valence-electron chi connectivity index (χ4n) is 2.52. The molecule has 1 aliphatic rings. The monoisotopic (exact) mass is 313 g/mol. The van der Waals surface area contributed by atoms with Gasteiger partial charge < -0.3 is 30.9 Å². The molecule has 0 saturated carbocycles. The molecule has 3 heterocycles. The largest absolute Gasteiger partial charge is 0.394 e. The van der Waals surface area contributed by atoms with Crippen LogP contribution in [0.2, 0.25) is 0 Å². The first-order valence-electron chi connectivity index (χ1n) is 6.47. The number of aliphatic hydroxyl groups is 4. The van der Waals surface area contributed by atoms with Crippen LogP contribution in [0.15, 0.2) is 4.79 Å². The van der Waals surface area contributed by atoms with Gasteiger partial charge in [0, 0.05) is 0 Å². The molecule has 11 heteroatoms. The molecule has 11 nitrogen and oxygen atoms in total. The Kier molecular flexibility index (Phi) is 3.58. The fourth-order valence-corrected chi connectivity index (χ4v) is 2.52. The van der Waals surface area contributed by atoms with E-state index in [9.17, 15) is 20.1 Å². The van der Waals surface area contributed by atoms with Crippen molar-refractivity contribution in [3.63, 3.8) is 0 Å². The summed E-state index contributed by atoms with van der Waals surface area (Å²) in [5.41, 5.74) is 4.80. The Morgan fingerprint density at radius 3 is 2.59 bits per heavy atom. The van der Waals surface area contributed by atoms with E-state index in [1.165, 1.54) is 4.57 Å². The second-order valence-electron chi connectivity index (χ2n) is 4.91. The smallest absolute Gasteiger partial charge is 0.280 e. The minimum Gasteiger partial charge on any atom is -0.394 e. The molecule has 0 unspecified atom stereocenters. The average Bonchev–Trinajstić information content (AvgIpc) is 2.98. The quantitative estimate of drug-likeness (QED) is 0.340. The van der Waals surface area contributed by atoms with Gasteiger partial charge in [0.25, 0.3) is 5.56 Å². The molecule has 1 fully saturated rings. The number of H-pyrrole nitrogens is 1. The standard InChI is InChI=1S/C11H15N5O6/c12-11-14-8-5(9(21)15-11)13-4(2-18)16(8)10-7(20)6(19)3(1-17)22-10/h3,6-7,10,17-20H,1-2H2,(H3,12,14,15,21)/t3-,6-,7-,10-/m1/s1. The van der Waals surface area contributed by atoms with Crippen molar-refractivity contribution in [2.75, 3.05) is 12.3 Å². The number of aliphatic hydroxyl groups excluding tert-OH is 4. The lowest BCUT2D eigenvalue weighted by atomic mass is 10.1. The number of hydrogen-bond acceptors (Lipinski definition) is 9. The van der Waals surface area contributed by atoms with E-state index in [1.54, 1.807) is 0 Å². The number of imidazole rings is 1. The van der Waals surface area contributed by atoms with Gasteiger partial charge in [-0.15, -0.1) is 0 Å². The van der Waals surface area contributed by atoms with Gasteiger partial charge >= 0.3 is 0 Å². The van der Waals surface area contributed by atoms with Gasteiger partial charge in [-0.1, -0.05) is 0 Å². The van der Waals surface area contributed by atoms with Crippen LogP contribution in [0.4, 0.5) is 5.95 Å². The fraction of sp³-hybridized carbons (Fsp3) is 0.545. The molecule has 0 aliphatic carbocycles. The van der Waals surface area contributed by atoms with Crippen LogP contribution in [0.1, 0.15) is 12.1 Å². The van der Waals surface area contributed by atoms with Gasteiger partial charge in [0.2, 0.25) is 5.95 Å². The summed E-state index contributed by atoms with van der Waals surface area (Å²) in [5.74, 6) is -0.164. The van der Waals surface area contributed by atoms with Crippen molar-refractivity contribution < 1.29 is 25.2 Å². The molecule has 2 aromatic rings. The predicted molar refractivity (Wildman–Crippen MR) is 71.5 cm³/mol. The van der Waals surface area contributed by atoms with Crippen LogP contribution in [-0.4, -0.2) is 64.9 Å². The number of hydrogen-bond donors (Lipinski definition) is 6. The molecule has 4 atom stereocenters. The molecule has 7 N–H and O–H groups in total. The SMILES string of the molecule is Nc1nc2c(nc(CO)n2[C@@H]2O[C@H](CO)[C@@H](O)[C@H]2O)c(=O)[nH]1. The molecular formula is C11H15N5O6. The van der Waals surface area contributed by atoms with E-state index in [0.717, 1.165) is 0 Å². The van der Waals surface area contributed by atoms with Gasteiger partial charge in [-0.25, -0.2) is 4.98 Å². The van der Waals surface area contributed by atoms with E-state index in [1.807, 2.05) is 0 Å². The highest BCUT2D eigenvalue weighted by Gasteiger charge is 2.44. The number of fused-ring (bicyclic) bond motifs is 1. The van der Waals surface area contributed by atoms with Crippen molar-refractivity contribution in [2.45, 2.75) is 31.1 Å². The molecule has 120 valence electrons. The van der Waals surface area contributed by atoms with E-state index in [4.69, 9.17) is 15.6 Å². The number of rotatable bonds is 3. The number of nitrogens with zero attached hydrogens (tertiary/aromatic N) is 3. The van der Waals surface area contributed by atoms with Crippen LogP contribution in [0.5, 0.6) is 0 Å². The molecule has 0 amide bonds. The maximum absolute atomic E-state index is 11.8. The van der Waals surface area contributed by atoms with Crippen molar-refractivity contribution in [2.24, 2.45) is 0 Å². The summed E-state index contributed by atoms with van der Waals surface area (Å²) in [6.45, 7) is -1.06. The highest BCUT2D eigenvalue weighted by atomic mass is 16.6. The summed E-state index contributed by atoms with van der Waals surface area (Å²) in [5, 5.41) is 38.5. The van der Waals surface area contributed by atoms with Gasteiger partial charge in [-0.3, -0.25) is 14.3 Å². The maximum atomic E-state index is 11.8. The minimum atomic E-state index is -1.40. The van der Waals surface area contributed by atoms with E-state index < -0.39 is 43.3 Å². The zero-order chi connectivity index (χ0) is 16.0. The van der Waals surface area contributed by atoms with Gasteiger partial charge in [-0.05, 0) is 0 Å². The summed E-state index contributed by atoms with van der Waals surface area (Å²) in [4.78, 5) is 22.0. The normalized spacial score (nSPS) is 28.5. The van der Waals surface area contributed by atoms with Crippen LogP contribution in [0.3, 0.4) is 0 Å². The van der Waals surface area contributed by atoms with Crippen molar-refractivity contribution in [1.29, 1.82) is 0 Å². The number of nitrogens with one attached hydrogen (secondary N) is 1. The second kappa shape index (κ2) is 5.30. The average molecular weight is 313 g/mol. The van der Waals surface area contributed by atoms with Crippen molar-refractivity contribution in [1.82, 2.24) is 19.5 Å². The van der Waals surface area contributed by atoms with Crippen molar-refractivity contribution in [3.05, 3.63) is 16.2 Å². The number of aromatic amines is 1. The number of ether oxygens (including phenoxy) is 1. The van der Waals surface area contributed by atoms with Gasteiger partial charge in [0.15, 0.2) is 17.4 Å². The Labute approximate surface area is 122 Å². The number of nitrogens with two attached hydrogens (primary N) is 1. The Bertz CT molecular complexity index is 757. The molecule has 2 aromatic heterocycles. The summed E-state index contributed by atoms with van der Waals surface area (Å²) in [6, 6.07) is 0. The molecule has 1 saturated heterocycles. The zero-order valence-electron chi connectivity index (χ0n) is 11.2. The lowest BCUT2D eigenvalue weighted by Crippen LogP contribution is -2.33. The van der Waals surface area contributed by atoms with Gasteiger partial charge in [0.05, 0.1) is 6.61 Å². The topological polar surface area (TPSA) is 180 Å². The molecule has 0 bridgehead atoms. The first-order chi connectivity index (χ1) is 10.5. The summed E-state index contributed by atoms with van der Waals surface area (Å²) in [7, 11) is 0. The highest BCUT2D eigenvalue weighted by molar-refractivity contribution is 5.71. The Morgan fingerprint density at radius 2 is 2.00 bits per heavy atom. The molecular weight excluding hydrogens is 298 g/mol. The van der Waals surface area contributed by atoms with Crippen LogP contribution in [0, 0.1) is 0 Å². The summed E-state index contributed by atoms with van der Waals surface area (Å²) >= 11 is 0. The van der Waals surface area contributed by atoms with E-state index in [-0.39, 0.29) is 22.9 Å². The second-order valence-corrected chi connectivity index (χ2v) is 4.91. The van der Waals surface area contributed by atoms with Crippen LogP contribution < -0.4 is 11.3 Å². The first-order valence-corrected chi connectivity index (χ1v) is 6.47. The van der Waals surface area contributed by atoms with Crippen molar-refractivity contribution >= 4 is 17.1 Å². The van der Waals surface area contributed by atoms with Gasteiger partial charge in [0.1, 0.15) is 30.7 Å². The number of nitrogen functional groups attached to an aromatic ring is 1. The molecule has 22 heavy (non-hydrogen) atoms. The van der Waals surface area contributed by atoms with Crippen molar-refractivity contribution in [3.8, 4) is 0 Å². The lowest BCUT2D eigenvalue weighted by Gasteiger charge is -2.18. The number of aromatic nitrogens is 4. The van der Waals surface area contributed by atoms with Crippen LogP contribution >= 0.6 is 0 Å². The summed E-state index contributed by atoms with van der Waals surface area (Å²) in [6.07, 6.45) is -4.92. The zero-order valence-corrected chi connectivity index (χ0v) is 11.2. The predicted octanol–water partition coefficient (Wildman–Crippen LogP) is -3.19. The van der Waals surface area contributed by atoms with Crippen LogP contribution in [0.25, 0.3) is 11.2 Å². The Morgan fingerprint density at radius 1 is 1.27 bits per heavy atom. The Balaban J connectivity index is 2.20. The molecule has 0 radical (unpaired) electrons. The molecule has 1 aliphatic heterocycles. The van der Waals surface area contributed by atoms with E-state index in [0.29, 0.717) is 0 Å². The first kappa shape index (κ1) is 14.9. The minimum absolute atomic E-state index is 0.000129. The number of anilines is 1. The summed E-state index contributed by atoms with van der Waals surface area (Å²) < 4.78 is 6.56. The maximum Gasteiger partial charge on any atom is 0.280 e.